The van der Waals surface area contributed by atoms with Crippen LogP contribution in [0.2, 0.25) is 0 Å². The van der Waals surface area contributed by atoms with Crippen LogP contribution < -0.4 is 10.1 Å². The molecule has 1 aliphatic heterocycles. The van der Waals surface area contributed by atoms with E-state index >= 15 is 0 Å². The third-order valence-electron chi connectivity index (χ3n) is 1.98. The number of dihydropyridines is 1. The number of rotatable bonds is 2. The minimum atomic E-state index is -0.356. The number of allylic oxidation sites excluding steroid dienone is 2. The van der Waals surface area contributed by atoms with Crippen LogP contribution in [0.25, 0.3) is 0 Å². The highest BCUT2D eigenvalue weighted by Crippen LogP contribution is 2.10. The maximum Gasteiger partial charge on any atom is 0.359 e. The van der Waals surface area contributed by atoms with Crippen molar-refractivity contribution in [3.63, 3.8) is 0 Å². The summed E-state index contributed by atoms with van der Waals surface area (Å²) in [5, 5.41) is 2.94. The Balaban J connectivity index is 2.04. The molecule has 0 saturated carbocycles. The van der Waals surface area contributed by atoms with Crippen molar-refractivity contribution in [1.29, 1.82) is 0 Å². The Hall–Kier alpha value is -2.03. The van der Waals surface area contributed by atoms with Gasteiger partial charge in [-0.25, -0.2) is 4.79 Å². The minimum absolute atomic E-state index is 0.356. The molecule has 1 aliphatic rings. The number of para-hydroxylation sites is 1. The van der Waals surface area contributed by atoms with Crippen molar-refractivity contribution >= 4 is 5.97 Å². The molecular weight excluding hydrogens is 190 g/mol. The smallest absolute Gasteiger partial charge is 0.359 e. The van der Waals surface area contributed by atoms with Gasteiger partial charge >= 0.3 is 5.97 Å². The van der Waals surface area contributed by atoms with Gasteiger partial charge < -0.3 is 10.1 Å². The van der Waals surface area contributed by atoms with Crippen molar-refractivity contribution in [2.24, 2.45) is 0 Å². The summed E-state index contributed by atoms with van der Waals surface area (Å²) in [5.41, 5.74) is 0.487. The van der Waals surface area contributed by atoms with E-state index in [1.807, 2.05) is 30.4 Å². The molecular formula is C12H11NO2. The van der Waals surface area contributed by atoms with Crippen molar-refractivity contribution in [3.05, 3.63) is 54.3 Å². The summed E-state index contributed by atoms with van der Waals surface area (Å²) >= 11 is 0. The molecule has 2 rings (SSSR count). The van der Waals surface area contributed by atoms with Gasteiger partial charge in [0.05, 0.1) is 0 Å². The Morgan fingerprint density at radius 1 is 1.27 bits per heavy atom. The first-order chi connectivity index (χ1) is 7.36. The lowest BCUT2D eigenvalue weighted by atomic mass is 10.3. The molecule has 0 fully saturated rings. The minimum Gasteiger partial charge on any atom is -0.422 e. The average Bonchev–Trinajstić information content (AvgIpc) is 2.31. The van der Waals surface area contributed by atoms with Gasteiger partial charge in [0.1, 0.15) is 11.4 Å². The second kappa shape index (κ2) is 4.46. The van der Waals surface area contributed by atoms with Gasteiger partial charge in [0.15, 0.2) is 0 Å². The summed E-state index contributed by atoms with van der Waals surface area (Å²) < 4.78 is 5.15. The lowest BCUT2D eigenvalue weighted by Gasteiger charge is -2.10. The Morgan fingerprint density at radius 3 is 2.73 bits per heavy atom. The second-order valence-corrected chi connectivity index (χ2v) is 3.09. The standard InChI is InChI=1S/C12H11NO2/c14-12(11-8-4-5-9-13-11)15-10-6-2-1-3-7-10/h1-8,13H,9H2. The van der Waals surface area contributed by atoms with Gasteiger partial charge in [-0.2, -0.15) is 0 Å². The number of ether oxygens (including phenoxy) is 1. The van der Waals surface area contributed by atoms with Gasteiger partial charge in [-0.3, -0.25) is 0 Å². The molecule has 3 nitrogen and oxygen atoms in total. The molecule has 0 bridgehead atoms. The molecule has 0 atom stereocenters. The molecule has 0 spiro atoms. The van der Waals surface area contributed by atoms with Gasteiger partial charge in [0.25, 0.3) is 0 Å². The Morgan fingerprint density at radius 2 is 2.07 bits per heavy atom. The van der Waals surface area contributed by atoms with Crippen LogP contribution in [0.1, 0.15) is 0 Å². The zero-order chi connectivity index (χ0) is 10.5. The van der Waals surface area contributed by atoms with E-state index in [-0.39, 0.29) is 5.97 Å². The molecule has 1 heterocycles. The fourth-order valence-corrected chi connectivity index (χ4v) is 1.25. The molecule has 0 radical (unpaired) electrons. The first kappa shape index (κ1) is 9.52. The maximum atomic E-state index is 11.6. The number of hydrogen-bond acceptors (Lipinski definition) is 3. The van der Waals surface area contributed by atoms with Crippen molar-refractivity contribution in [2.75, 3.05) is 6.54 Å². The van der Waals surface area contributed by atoms with Crippen molar-refractivity contribution in [2.45, 2.75) is 0 Å². The zero-order valence-electron chi connectivity index (χ0n) is 8.14. The van der Waals surface area contributed by atoms with Crippen LogP contribution in [-0.4, -0.2) is 12.5 Å². The maximum absolute atomic E-state index is 11.6. The van der Waals surface area contributed by atoms with E-state index in [0.29, 0.717) is 18.0 Å². The lowest BCUT2D eigenvalue weighted by Crippen LogP contribution is -2.25. The second-order valence-electron chi connectivity index (χ2n) is 3.09. The van der Waals surface area contributed by atoms with E-state index in [1.165, 1.54) is 0 Å². The Labute approximate surface area is 88.1 Å². The largest absolute Gasteiger partial charge is 0.422 e. The van der Waals surface area contributed by atoms with E-state index in [2.05, 4.69) is 5.32 Å². The first-order valence-corrected chi connectivity index (χ1v) is 4.74. The molecule has 1 aromatic carbocycles. The number of benzene rings is 1. The summed E-state index contributed by atoms with van der Waals surface area (Å²) in [7, 11) is 0. The van der Waals surface area contributed by atoms with Crippen molar-refractivity contribution in [1.82, 2.24) is 5.32 Å². The average molecular weight is 201 g/mol. The predicted octanol–water partition coefficient (Wildman–Crippen LogP) is 1.64. The quantitative estimate of drug-likeness (QED) is 0.584. The van der Waals surface area contributed by atoms with Crippen LogP contribution >= 0.6 is 0 Å². The molecule has 0 aromatic heterocycles. The van der Waals surface area contributed by atoms with Gasteiger partial charge in [-0.05, 0) is 18.2 Å². The van der Waals surface area contributed by atoms with E-state index in [1.54, 1.807) is 18.2 Å². The Kier molecular flexibility index (Phi) is 2.83. The molecule has 1 N–H and O–H groups in total. The van der Waals surface area contributed by atoms with Gasteiger partial charge in [-0.1, -0.05) is 30.4 Å². The van der Waals surface area contributed by atoms with E-state index < -0.39 is 0 Å². The SMILES string of the molecule is O=C(Oc1ccccc1)C1=CC=CCN1. The van der Waals surface area contributed by atoms with Crippen LogP contribution in [0.3, 0.4) is 0 Å². The molecule has 0 amide bonds. The highest BCUT2D eigenvalue weighted by Gasteiger charge is 2.11. The topological polar surface area (TPSA) is 38.3 Å². The molecule has 1 aromatic rings. The predicted molar refractivity (Wildman–Crippen MR) is 57.3 cm³/mol. The molecule has 76 valence electrons. The summed E-state index contributed by atoms with van der Waals surface area (Å²) in [6.07, 6.45) is 5.46. The molecule has 15 heavy (non-hydrogen) atoms. The highest BCUT2D eigenvalue weighted by molar-refractivity contribution is 5.90. The van der Waals surface area contributed by atoms with Crippen LogP contribution in [0.4, 0.5) is 0 Å². The summed E-state index contributed by atoms with van der Waals surface area (Å²) in [5.74, 6) is 0.199. The van der Waals surface area contributed by atoms with Crippen molar-refractivity contribution in [3.8, 4) is 5.75 Å². The Bertz CT molecular complexity index is 407. The fraction of sp³-hybridized carbons (Fsp3) is 0.0833. The third-order valence-corrected chi connectivity index (χ3v) is 1.98. The summed E-state index contributed by atoms with van der Waals surface area (Å²) in [6, 6.07) is 9.02. The number of nitrogens with one attached hydrogen (secondary N) is 1. The highest BCUT2D eigenvalue weighted by atomic mass is 16.5. The molecule has 3 heteroatoms. The van der Waals surface area contributed by atoms with Crippen LogP contribution in [0.5, 0.6) is 5.75 Å². The van der Waals surface area contributed by atoms with Gasteiger partial charge in [-0.15, -0.1) is 0 Å². The van der Waals surface area contributed by atoms with E-state index in [9.17, 15) is 4.79 Å². The molecule has 0 unspecified atom stereocenters. The van der Waals surface area contributed by atoms with Gasteiger partial charge in [0, 0.05) is 6.54 Å². The number of esters is 1. The van der Waals surface area contributed by atoms with E-state index in [0.717, 1.165) is 0 Å². The number of carbonyl (C=O) groups excluding carboxylic acids is 1. The van der Waals surface area contributed by atoms with Crippen LogP contribution in [0, 0.1) is 0 Å². The van der Waals surface area contributed by atoms with Crippen LogP contribution in [-0.2, 0) is 4.79 Å². The molecule has 0 aliphatic carbocycles. The monoisotopic (exact) mass is 201 g/mol. The van der Waals surface area contributed by atoms with Crippen molar-refractivity contribution < 1.29 is 9.53 Å². The number of hydrogen-bond donors (Lipinski definition) is 1. The zero-order valence-corrected chi connectivity index (χ0v) is 8.14. The molecule has 0 saturated heterocycles. The van der Waals surface area contributed by atoms with Crippen LogP contribution in [0.15, 0.2) is 54.3 Å². The third kappa shape index (κ3) is 2.47. The lowest BCUT2D eigenvalue weighted by molar-refractivity contribution is -0.130. The fourth-order valence-electron chi connectivity index (χ4n) is 1.25. The normalized spacial score (nSPS) is 14.0. The number of carbonyl (C=O) groups is 1. The van der Waals surface area contributed by atoms with E-state index in [4.69, 9.17) is 4.74 Å². The van der Waals surface area contributed by atoms with Gasteiger partial charge in [0.2, 0.25) is 0 Å². The first-order valence-electron chi connectivity index (χ1n) is 4.74. The summed E-state index contributed by atoms with van der Waals surface area (Å²) in [4.78, 5) is 11.6. The summed E-state index contributed by atoms with van der Waals surface area (Å²) in [6.45, 7) is 0.662.